The highest BCUT2D eigenvalue weighted by molar-refractivity contribution is 7.91. The van der Waals surface area contributed by atoms with Gasteiger partial charge in [0.05, 0.1) is 18.7 Å². The monoisotopic (exact) mass is 623 g/mol. The van der Waals surface area contributed by atoms with Crippen molar-refractivity contribution in [2.75, 3.05) is 20.2 Å². The summed E-state index contributed by atoms with van der Waals surface area (Å²) >= 11 is 1.09. The van der Waals surface area contributed by atoms with Crippen LogP contribution in [0.4, 0.5) is 4.39 Å². The third-order valence-corrected chi connectivity index (χ3v) is 10.9. The van der Waals surface area contributed by atoms with E-state index in [1.165, 1.54) is 12.1 Å². The molecule has 0 saturated carbocycles. The number of amides is 1. The van der Waals surface area contributed by atoms with Gasteiger partial charge in [-0.25, -0.2) is 17.5 Å². The average Bonchev–Trinajstić information content (AvgIpc) is 3.29. The lowest BCUT2D eigenvalue weighted by Crippen LogP contribution is -2.36. The van der Waals surface area contributed by atoms with E-state index < -0.39 is 21.9 Å². The van der Waals surface area contributed by atoms with Crippen LogP contribution in [0, 0.1) is 18.7 Å². The molecule has 0 saturated heterocycles. The van der Waals surface area contributed by atoms with E-state index in [1.807, 2.05) is 30.3 Å². The minimum absolute atomic E-state index is 0.0907. The minimum atomic E-state index is -4.02. The van der Waals surface area contributed by atoms with Gasteiger partial charge in [-0.2, -0.15) is 0 Å². The van der Waals surface area contributed by atoms with Crippen LogP contribution in [-0.2, 0) is 21.4 Å². The number of nitrogens with one attached hydrogen (secondary N) is 2. The molecule has 1 aliphatic heterocycles. The first-order valence-corrected chi connectivity index (χ1v) is 16.8. The van der Waals surface area contributed by atoms with E-state index in [0.717, 1.165) is 41.3 Å². The smallest absolute Gasteiger partial charge is 0.250 e. The molecule has 7 nitrogen and oxygen atoms in total. The number of aryl methyl sites for hydroxylation is 1. The molecular weight excluding hydrogens is 586 g/mol. The summed E-state index contributed by atoms with van der Waals surface area (Å²) in [6.45, 7) is 8.33. The van der Waals surface area contributed by atoms with E-state index in [-0.39, 0.29) is 22.6 Å². The average molecular weight is 624 g/mol. The molecule has 4 aromatic rings. The van der Waals surface area contributed by atoms with Crippen molar-refractivity contribution in [1.82, 2.24) is 14.9 Å². The summed E-state index contributed by atoms with van der Waals surface area (Å²) in [5.41, 5.74) is 3.22. The molecular formula is C33H38FN3O4S2. The van der Waals surface area contributed by atoms with Crippen LogP contribution in [-0.4, -0.2) is 39.4 Å². The van der Waals surface area contributed by atoms with Crippen LogP contribution in [0.1, 0.15) is 61.0 Å². The summed E-state index contributed by atoms with van der Waals surface area (Å²) in [6, 6.07) is 18.4. The van der Waals surface area contributed by atoms with Crippen LogP contribution in [0.25, 0.3) is 10.1 Å². The van der Waals surface area contributed by atoms with E-state index in [0.29, 0.717) is 40.2 Å². The Morgan fingerprint density at radius 3 is 2.63 bits per heavy atom. The summed E-state index contributed by atoms with van der Waals surface area (Å²) in [6.07, 6.45) is 0.525. The maximum atomic E-state index is 13.9. The lowest BCUT2D eigenvalue weighted by molar-refractivity contribution is -0.122. The zero-order valence-corrected chi connectivity index (χ0v) is 26.5. The van der Waals surface area contributed by atoms with Gasteiger partial charge in [-0.15, -0.1) is 11.3 Å². The molecule has 0 bridgehead atoms. The summed E-state index contributed by atoms with van der Waals surface area (Å²) in [7, 11) is -1.92. The van der Waals surface area contributed by atoms with Gasteiger partial charge in [-0.3, -0.25) is 4.79 Å². The maximum absolute atomic E-state index is 13.9. The second-order valence-electron chi connectivity index (χ2n) is 11.7. The first kappa shape index (κ1) is 31.1. The fraction of sp³-hybridized carbons (Fsp3) is 0.364. The van der Waals surface area contributed by atoms with Crippen LogP contribution in [0.3, 0.4) is 0 Å². The number of thiophene rings is 1. The second kappa shape index (κ2) is 13.1. The quantitative estimate of drug-likeness (QED) is 0.200. The highest BCUT2D eigenvalue weighted by atomic mass is 32.2. The molecule has 2 N–H and O–H groups in total. The molecule has 2 unspecified atom stereocenters. The number of carbonyl (C=O) groups is 1. The Bertz CT molecular complexity index is 1710. The first-order chi connectivity index (χ1) is 20.5. The van der Waals surface area contributed by atoms with Crippen molar-refractivity contribution in [2.24, 2.45) is 5.92 Å². The largest absolute Gasteiger partial charge is 0.493 e. The Labute approximate surface area is 257 Å². The molecule has 43 heavy (non-hydrogen) atoms. The molecule has 1 aromatic heterocycles. The Hall–Kier alpha value is -3.31. The number of halogens is 1. The lowest BCUT2D eigenvalue weighted by Gasteiger charge is -2.28. The Morgan fingerprint density at radius 1 is 1.12 bits per heavy atom. The Kier molecular flexibility index (Phi) is 9.51. The van der Waals surface area contributed by atoms with Gasteiger partial charge in [-0.05, 0) is 66.2 Å². The number of nitrogens with zero attached hydrogens (tertiary/aromatic N) is 1. The van der Waals surface area contributed by atoms with Crippen molar-refractivity contribution >= 4 is 37.4 Å². The van der Waals surface area contributed by atoms with Gasteiger partial charge in [0, 0.05) is 36.2 Å². The van der Waals surface area contributed by atoms with Gasteiger partial charge in [0.15, 0.2) is 0 Å². The minimum Gasteiger partial charge on any atom is -0.493 e. The fourth-order valence-corrected chi connectivity index (χ4v) is 8.69. The Balaban J connectivity index is 1.33. The number of hydrogen-bond donors (Lipinski definition) is 2. The predicted molar refractivity (Wildman–Crippen MR) is 169 cm³/mol. The second-order valence-corrected chi connectivity index (χ2v) is 14.6. The van der Waals surface area contributed by atoms with Crippen LogP contribution in [0.15, 0.2) is 70.9 Å². The summed E-state index contributed by atoms with van der Waals surface area (Å²) in [5, 5.41) is 3.69. The molecule has 0 radical (unpaired) electrons. The van der Waals surface area contributed by atoms with Crippen molar-refractivity contribution in [3.63, 3.8) is 0 Å². The lowest BCUT2D eigenvalue weighted by atomic mass is 9.97. The van der Waals surface area contributed by atoms with Gasteiger partial charge in [-0.1, -0.05) is 56.3 Å². The number of rotatable bonds is 11. The third-order valence-electron chi connectivity index (χ3n) is 7.57. The van der Waals surface area contributed by atoms with Gasteiger partial charge >= 0.3 is 0 Å². The normalized spacial score (nSPS) is 15.8. The van der Waals surface area contributed by atoms with Crippen LogP contribution in [0.2, 0.25) is 0 Å². The molecule has 0 aliphatic carbocycles. The first-order valence-electron chi connectivity index (χ1n) is 14.5. The van der Waals surface area contributed by atoms with Gasteiger partial charge in [0.25, 0.3) is 10.0 Å². The van der Waals surface area contributed by atoms with Crippen molar-refractivity contribution < 1.29 is 22.3 Å². The number of benzene rings is 3. The van der Waals surface area contributed by atoms with E-state index in [4.69, 9.17) is 4.74 Å². The van der Waals surface area contributed by atoms with Gasteiger partial charge in [0.1, 0.15) is 15.8 Å². The van der Waals surface area contributed by atoms with Crippen LogP contribution >= 0.6 is 11.3 Å². The van der Waals surface area contributed by atoms with Crippen molar-refractivity contribution in [2.45, 2.75) is 56.5 Å². The number of fused-ring (bicyclic) bond motifs is 2. The van der Waals surface area contributed by atoms with E-state index in [1.54, 1.807) is 25.1 Å². The molecule has 10 heteroatoms. The number of hydrogen-bond acceptors (Lipinski definition) is 6. The van der Waals surface area contributed by atoms with E-state index in [9.17, 15) is 17.6 Å². The Morgan fingerprint density at radius 2 is 1.88 bits per heavy atom. The topological polar surface area (TPSA) is 87.7 Å². The van der Waals surface area contributed by atoms with Crippen molar-refractivity contribution in [3.05, 3.63) is 94.8 Å². The van der Waals surface area contributed by atoms with E-state index in [2.05, 4.69) is 41.9 Å². The third kappa shape index (κ3) is 7.44. The van der Waals surface area contributed by atoms with Gasteiger partial charge in [0.2, 0.25) is 5.91 Å². The molecule has 1 aliphatic rings. The van der Waals surface area contributed by atoms with Crippen molar-refractivity contribution in [3.8, 4) is 5.75 Å². The summed E-state index contributed by atoms with van der Waals surface area (Å²) in [5.74, 6) is 0.643. The number of sulfonamides is 1. The van der Waals surface area contributed by atoms with Crippen molar-refractivity contribution in [1.29, 1.82) is 0 Å². The van der Waals surface area contributed by atoms with Gasteiger partial charge < -0.3 is 15.0 Å². The van der Waals surface area contributed by atoms with Crippen LogP contribution < -0.4 is 14.8 Å². The van der Waals surface area contributed by atoms with E-state index >= 15 is 0 Å². The standard InChI is InChI=1S/C33H38FN3O4S2/c1-21(2)19-37(4)20-23-10-12-26-28(14-15-41-30(26)16-23)35-32(38)18-29(24-8-6-5-7-9-24)36-43(39,40)33-22(3)27-17-25(34)11-13-31(27)42-33/h5-13,16-17,21,28-29,36H,14-15,18-20H2,1-4H3,(H,35,38). The highest BCUT2D eigenvalue weighted by Gasteiger charge is 2.29. The molecule has 1 amide bonds. The highest BCUT2D eigenvalue weighted by Crippen LogP contribution is 2.36. The molecule has 0 spiro atoms. The molecule has 2 heterocycles. The molecule has 228 valence electrons. The fourth-order valence-electron chi connectivity index (χ4n) is 5.70. The number of ether oxygens (including phenoxy) is 1. The molecule has 2 atom stereocenters. The molecule has 3 aromatic carbocycles. The number of carbonyl (C=O) groups excluding carboxylic acids is 1. The zero-order valence-electron chi connectivity index (χ0n) is 24.9. The summed E-state index contributed by atoms with van der Waals surface area (Å²) in [4.78, 5) is 15.7. The van der Waals surface area contributed by atoms with Crippen LogP contribution in [0.5, 0.6) is 5.75 Å². The predicted octanol–water partition coefficient (Wildman–Crippen LogP) is 6.49. The molecule has 5 rings (SSSR count). The zero-order chi connectivity index (χ0) is 30.7. The SMILES string of the molecule is Cc1c(S(=O)(=O)NC(CC(=O)NC2CCOc3cc(CN(C)CC(C)C)ccc32)c2ccccc2)sc2ccc(F)cc12. The summed E-state index contributed by atoms with van der Waals surface area (Å²) < 4.78 is 50.7. The molecule has 0 fully saturated rings. The maximum Gasteiger partial charge on any atom is 0.250 e.